The summed E-state index contributed by atoms with van der Waals surface area (Å²) in [7, 11) is -1.59. The third-order valence-corrected chi connectivity index (χ3v) is 6.29. The zero-order valence-corrected chi connectivity index (χ0v) is 24.0. The summed E-state index contributed by atoms with van der Waals surface area (Å²) in [5.74, 6) is -0.373. The Balaban J connectivity index is 3.27. The Kier molecular flexibility index (Phi) is 9.59. The first kappa shape index (κ1) is 29.8. The van der Waals surface area contributed by atoms with Crippen molar-refractivity contribution >= 4 is 21.1 Å². The molecule has 0 aromatic rings. The van der Waals surface area contributed by atoms with E-state index in [9.17, 15) is 9.59 Å². The van der Waals surface area contributed by atoms with Crippen molar-refractivity contribution in [2.24, 2.45) is 11.3 Å². The van der Waals surface area contributed by atoms with Gasteiger partial charge in [0.1, 0.15) is 22.9 Å². The highest BCUT2D eigenvalue weighted by Gasteiger charge is 2.57. The van der Waals surface area contributed by atoms with Gasteiger partial charge in [0.15, 0.2) is 9.04 Å². The van der Waals surface area contributed by atoms with Crippen molar-refractivity contribution in [2.45, 2.75) is 124 Å². The average molecular weight is 491 g/mol. The Morgan fingerprint density at radius 2 is 1.58 bits per heavy atom. The smallest absolute Gasteiger partial charge is 0.407 e. The Morgan fingerprint density at radius 1 is 1.06 bits per heavy atom. The molecule has 1 aliphatic heterocycles. The van der Waals surface area contributed by atoms with Gasteiger partial charge in [-0.1, -0.05) is 20.8 Å². The largest absolute Gasteiger partial charge is 0.459 e. The van der Waals surface area contributed by atoms with Gasteiger partial charge < -0.3 is 19.3 Å². The van der Waals surface area contributed by atoms with Gasteiger partial charge in [-0.15, -0.1) is 0 Å². The van der Waals surface area contributed by atoms with Crippen LogP contribution in [0.15, 0.2) is 0 Å². The average Bonchev–Trinajstić information content (AvgIpc) is 2.90. The van der Waals surface area contributed by atoms with Crippen LogP contribution in [0.4, 0.5) is 9.18 Å². The predicted molar refractivity (Wildman–Crippen MR) is 131 cm³/mol. The molecule has 1 aliphatic rings. The van der Waals surface area contributed by atoms with E-state index < -0.39 is 50.1 Å². The molecule has 4 atom stereocenters. The second-order valence-corrected chi connectivity index (χ2v) is 15.0. The summed E-state index contributed by atoms with van der Waals surface area (Å²) < 4.78 is 32.9. The number of nitrogens with one attached hydrogen (secondary N) is 1. The van der Waals surface area contributed by atoms with Gasteiger partial charge in [-0.25, -0.2) is 14.0 Å². The van der Waals surface area contributed by atoms with E-state index >= 15 is 4.39 Å². The topological polar surface area (TPSA) is 77.1 Å². The molecule has 4 unspecified atom stereocenters. The molecule has 1 heterocycles. The Bertz CT molecular complexity index is 684. The van der Waals surface area contributed by atoms with E-state index in [1.54, 1.807) is 53.5 Å². The molecular weight excluding hydrogens is 443 g/mol. The first-order valence-corrected chi connectivity index (χ1v) is 14.8. The van der Waals surface area contributed by atoms with Crippen LogP contribution in [0.2, 0.25) is 13.1 Å². The van der Waals surface area contributed by atoms with Crippen molar-refractivity contribution in [3.8, 4) is 0 Å². The zero-order chi connectivity index (χ0) is 26.0. The number of hydroxylamine groups is 2. The molecule has 0 aromatic heterocycles. The van der Waals surface area contributed by atoms with E-state index in [0.717, 1.165) is 0 Å². The highest BCUT2D eigenvalue weighted by atomic mass is 28.3. The summed E-state index contributed by atoms with van der Waals surface area (Å²) >= 11 is 0. The number of ether oxygens (including phenoxy) is 2. The van der Waals surface area contributed by atoms with Gasteiger partial charge in [0.2, 0.25) is 0 Å². The second-order valence-electron chi connectivity index (χ2n) is 12.7. The summed E-state index contributed by atoms with van der Waals surface area (Å²) in [5, 5.41) is 4.27. The van der Waals surface area contributed by atoms with E-state index in [1.165, 1.54) is 0 Å². The predicted octanol–water partition coefficient (Wildman–Crippen LogP) is 4.99. The van der Waals surface area contributed by atoms with Crippen LogP contribution in [0, 0.1) is 11.3 Å². The third-order valence-electron chi connectivity index (χ3n) is 5.61. The molecule has 1 fully saturated rings. The van der Waals surface area contributed by atoms with Gasteiger partial charge in [-0.3, -0.25) is 0 Å². The second kappa shape index (κ2) is 10.6. The molecule has 1 saturated heterocycles. The maximum Gasteiger partial charge on any atom is 0.407 e. The Labute approximate surface area is 201 Å². The van der Waals surface area contributed by atoms with Gasteiger partial charge >= 0.3 is 12.1 Å². The normalized spacial score (nSPS) is 24.5. The summed E-state index contributed by atoms with van der Waals surface area (Å²) in [6.45, 7) is 23.1. The van der Waals surface area contributed by atoms with Gasteiger partial charge in [-0.05, 0) is 79.3 Å². The van der Waals surface area contributed by atoms with Gasteiger partial charge in [-0.2, -0.15) is 5.06 Å². The van der Waals surface area contributed by atoms with Crippen LogP contribution >= 0.6 is 0 Å². The molecule has 194 valence electrons. The van der Waals surface area contributed by atoms with Crippen LogP contribution in [0.25, 0.3) is 0 Å². The van der Waals surface area contributed by atoms with E-state index in [1.807, 2.05) is 13.1 Å². The molecule has 1 rings (SSSR count). The number of hydrogen-bond acceptors (Lipinski definition) is 6. The van der Waals surface area contributed by atoms with Crippen LogP contribution in [0.5, 0.6) is 0 Å². The third kappa shape index (κ3) is 9.17. The lowest BCUT2D eigenvalue weighted by molar-refractivity contribution is -0.194. The van der Waals surface area contributed by atoms with Crippen molar-refractivity contribution in [2.75, 3.05) is 6.54 Å². The van der Waals surface area contributed by atoms with Crippen molar-refractivity contribution < 1.29 is 28.0 Å². The number of carbonyl (C=O) groups excluding carboxylic acids is 2. The molecule has 33 heavy (non-hydrogen) atoms. The molecule has 0 aromatic carbocycles. The number of halogens is 1. The summed E-state index contributed by atoms with van der Waals surface area (Å²) in [5.41, 5.74) is -2.79. The molecule has 0 spiro atoms. The lowest BCUT2D eigenvalue weighted by Crippen LogP contribution is -2.57. The minimum atomic E-state index is -1.59. The number of hydrogen-bond donors (Lipinski definition) is 1. The number of nitrogens with zero attached hydrogens (tertiary/aromatic N) is 1. The molecule has 0 radical (unpaired) electrons. The fourth-order valence-corrected chi connectivity index (χ4v) is 4.63. The SMILES string of the molecule is CC(NC(=O)OC(C)(C)C)C(F)CC1(C(=O)OC(C)(C)C)CC(C(C)(C)C)CN1O[SiH](C)C. The number of alkyl halides is 1. The fraction of sp³-hybridized carbons (Fsp3) is 0.917. The molecule has 0 saturated carbocycles. The van der Waals surface area contributed by atoms with Crippen LogP contribution in [0.3, 0.4) is 0 Å². The molecule has 1 N–H and O–H groups in total. The van der Waals surface area contributed by atoms with Gasteiger partial charge in [0, 0.05) is 13.0 Å². The van der Waals surface area contributed by atoms with Crippen LogP contribution in [0.1, 0.15) is 82.1 Å². The van der Waals surface area contributed by atoms with Gasteiger partial charge in [0.05, 0.1) is 6.04 Å². The Morgan fingerprint density at radius 3 is 2.00 bits per heavy atom. The van der Waals surface area contributed by atoms with Crippen molar-refractivity contribution in [3.63, 3.8) is 0 Å². The van der Waals surface area contributed by atoms with E-state index in [2.05, 4.69) is 26.1 Å². The standard InChI is InChI=1S/C24H47FN2O5Si/c1-16(26-20(29)31-23(8,9)10)18(25)14-24(19(28)30-22(5,6)7)13-17(21(2,3)4)15-27(24)32-33(11)12/h16-18,33H,13-15H2,1-12H3,(H,26,29). The maximum absolute atomic E-state index is 15.7. The molecule has 0 bridgehead atoms. The number of alkyl carbamates (subject to hydrolysis) is 1. The van der Waals surface area contributed by atoms with E-state index in [0.29, 0.717) is 13.0 Å². The lowest BCUT2D eigenvalue weighted by atomic mass is 9.75. The zero-order valence-electron chi connectivity index (χ0n) is 22.8. The highest BCUT2D eigenvalue weighted by molar-refractivity contribution is 6.48. The van der Waals surface area contributed by atoms with Crippen molar-refractivity contribution in [3.05, 3.63) is 0 Å². The first-order valence-electron chi connectivity index (χ1n) is 12.0. The van der Waals surface area contributed by atoms with Crippen molar-refractivity contribution in [1.29, 1.82) is 0 Å². The number of rotatable bonds is 7. The molecule has 1 amide bonds. The highest BCUT2D eigenvalue weighted by Crippen LogP contribution is 2.46. The maximum atomic E-state index is 15.7. The molecule has 9 heteroatoms. The van der Waals surface area contributed by atoms with Crippen LogP contribution in [-0.4, -0.2) is 61.7 Å². The summed E-state index contributed by atoms with van der Waals surface area (Å²) in [6.07, 6.45) is -1.92. The van der Waals surface area contributed by atoms with Gasteiger partial charge in [0.25, 0.3) is 0 Å². The van der Waals surface area contributed by atoms with E-state index in [-0.39, 0.29) is 17.8 Å². The Hall–Kier alpha value is -1.19. The van der Waals surface area contributed by atoms with Crippen LogP contribution < -0.4 is 5.32 Å². The fourth-order valence-electron chi connectivity index (χ4n) is 3.84. The first-order chi connectivity index (χ1) is 14.7. The monoisotopic (exact) mass is 490 g/mol. The quantitative estimate of drug-likeness (QED) is 0.400. The molecule has 0 aliphatic carbocycles. The summed E-state index contributed by atoms with van der Waals surface area (Å²) in [6, 6.07) is -0.856. The number of carbonyl (C=O) groups is 2. The number of amides is 1. The lowest BCUT2D eigenvalue weighted by Gasteiger charge is -2.40. The summed E-state index contributed by atoms with van der Waals surface area (Å²) in [4.78, 5) is 25.8. The van der Waals surface area contributed by atoms with E-state index in [4.69, 9.17) is 14.0 Å². The van der Waals surface area contributed by atoms with Crippen LogP contribution in [-0.2, 0) is 18.8 Å². The molecular formula is C24H47FN2O5Si. The number of esters is 1. The molecule has 7 nitrogen and oxygen atoms in total. The van der Waals surface area contributed by atoms with Crippen molar-refractivity contribution in [1.82, 2.24) is 10.4 Å². The minimum Gasteiger partial charge on any atom is -0.459 e. The minimum absolute atomic E-state index is 0.101.